The Balaban J connectivity index is 1.59. The summed E-state index contributed by atoms with van der Waals surface area (Å²) in [6.45, 7) is 0.172. The van der Waals surface area contributed by atoms with Crippen LogP contribution in [-0.4, -0.2) is 40.7 Å². The highest BCUT2D eigenvalue weighted by atomic mass is 79.9. The molecule has 194 valence electrons. The molecule has 38 heavy (non-hydrogen) atoms. The Kier molecular flexibility index (Phi) is 6.10. The van der Waals surface area contributed by atoms with Crippen LogP contribution >= 0.6 is 27.5 Å². The van der Waals surface area contributed by atoms with Gasteiger partial charge in [-0.2, -0.15) is 18.3 Å². The first-order valence-electron chi connectivity index (χ1n) is 11.6. The molecule has 3 heterocycles. The van der Waals surface area contributed by atoms with Crippen molar-refractivity contribution in [1.29, 1.82) is 0 Å². The minimum Gasteiger partial charge on any atom is -0.418 e. The molecule has 0 N–H and O–H groups in total. The monoisotopic (exact) mass is 603 g/mol. The van der Waals surface area contributed by atoms with Crippen LogP contribution in [0.1, 0.15) is 30.8 Å². The third kappa shape index (κ3) is 4.11. The molecule has 0 unspecified atom stereocenters. The second-order valence-electron chi connectivity index (χ2n) is 8.96. The van der Waals surface area contributed by atoms with Crippen molar-refractivity contribution in [3.05, 3.63) is 82.3 Å². The van der Waals surface area contributed by atoms with E-state index in [4.69, 9.17) is 21.0 Å². The summed E-state index contributed by atoms with van der Waals surface area (Å²) < 4.78 is 52.0. The van der Waals surface area contributed by atoms with Gasteiger partial charge in [-0.25, -0.2) is 14.6 Å². The van der Waals surface area contributed by atoms with Crippen LogP contribution in [0.3, 0.4) is 0 Å². The zero-order chi connectivity index (χ0) is 26.5. The summed E-state index contributed by atoms with van der Waals surface area (Å²) >= 11 is 10.0. The van der Waals surface area contributed by atoms with Crippen molar-refractivity contribution in [3.8, 4) is 28.7 Å². The van der Waals surface area contributed by atoms with Crippen LogP contribution < -0.4 is 0 Å². The molecule has 0 atom stereocenters. The maximum atomic E-state index is 14.0. The van der Waals surface area contributed by atoms with E-state index >= 15 is 0 Å². The van der Waals surface area contributed by atoms with E-state index in [1.54, 1.807) is 16.8 Å². The predicted octanol–water partition coefficient (Wildman–Crippen LogP) is 6.63. The number of aromatic nitrogens is 7. The van der Waals surface area contributed by atoms with E-state index in [1.165, 1.54) is 12.7 Å². The van der Waals surface area contributed by atoms with Crippen LogP contribution in [0.25, 0.3) is 28.7 Å². The van der Waals surface area contributed by atoms with Gasteiger partial charge < -0.3 is 4.42 Å². The van der Waals surface area contributed by atoms with E-state index in [9.17, 15) is 13.2 Å². The van der Waals surface area contributed by atoms with Crippen molar-refractivity contribution in [2.75, 3.05) is 0 Å². The maximum Gasteiger partial charge on any atom is 0.403 e. The lowest BCUT2D eigenvalue weighted by atomic mass is 9.68. The number of imidazole rings is 1. The second kappa shape index (κ2) is 9.35. The Morgan fingerprint density at radius 1 is 1.05 bits per heavy atom. The molecule has 6 rings (SSSR count). The smallest absolute Gasteiger partial charge is 0.403 e. The molecule has 8 nitrogen and oxygen atoms in total. The largest absolute Gasteiger partial charge is 0.418 e. The van der Waals surface area contributed by atoms with E-state index in [-0.39, 0.29) is 31.0 Å². The van der Waals surface area contributed by atoms with Gasteiger partial charge in [-0.15, -0.1) is 10.2 Å². The van der Waals surface area contributed by atoms with Gasteiger partial charge in [-0.05, 0) is 49.2 Å². The highest BCUT2D eigenvalue weighted by molar-refractivity contribution is 9.10. The molecule has 3 aromatic heterocycles. The van der Waals surface area contributed by atoms with Crippen LogP contribution in [0.15, 0.2) is 70.1 Å². The predicted molar refractivity (Wildman–Crippen MR) is 136 cm³/mol. The van der Waals surface area contributed by atoms with Gasteiger partial charge in [0, 0.05) is 15.7 Å². The molecule has 0 saturated heterocycles. The SMILES string of the molecule is FC(F)(F)C1(c2nnc(-c3nc(-c4ccccc4Cl)n(-c4ccc(Br)cc4)c3Cn3cncn3)o2)CCC1. The van der Waals surface area contributed by atoms with Crippen LogP contribution in [0.2, 0.25) is 5.02 Å². The fourth-order valence-corrected chi connectivity index (χ4v) is 5.08. The number of halogens is 5. The van der Waals surface area contributed by atoms with Gasteiger partial charge in [0.25, 0.3) is 5.89 Å². The van der Waals surface area contributed by atoms with Crippen LogP contribution in [0, 0.1) is 0 Å². The molecule has 1 saturated carbocycles. The molecule has 5 aromatic rings. The van der Waals surface area contributed by atoms with Gasteiger partial charge in [-0.3, -0.25) is 4.57 Å². The van der Waals surface area contributed by atoms with E-state index in [0.29, 0.717) is 28.5 Å². The molecule has 0 amide bonds. The summed E-state index contributed by atoms with van der Waals surface area (Å²) in [4.78, 5) is 8.83. The van der Waals surface area contributed by atoms with E-state index < -0.39 is 17.5 Å². The van der Waals surface area contributed by atoms with Crippen molar-refractivity contribution >= 4 is 27.5 Å². The molecule has 1 aliphatic carbocycles. The third-order valence-corrected chi connectivity index (χ3v) is 7.60. The molecule has 13 heteroatoms. The summed E-state index contributed by atoms with van der Waals surface area (Å²) in [6.07, 6.45) is -1.33. The summed E-state index contributed by atoms with van der Waals surface area (Å²) in [7, 11) is 0. The lowest BCUT2D eigenvalue weighted by Crippen LogP contribution is -2.48. The zero-order valence-electron chi connectivity index (χ0n) is 19.5. The Hall–Kier alpha value is -3.51. The van der Waals surface area contributed by atoms with Gasteiger partial charge in [0.05, 0.1) is 17.3 Å². The van der Waals surface area contributed by atoms with Gasteiger partial charge in [0.2, 0.25) is 5.89 Å². The quantitative estimate of drug-likeness (QED) is 0.216. The minimum atomic E-state index is -4.50. The van der Waals surface area contributed by atoms with Crippen molar-refractivity contribution in [1.82, 2.24) is 34.5 Å². The molecule has 2 aromatic carbocycles. The number of rotatable bonds is 6. The molecule has 0 bridgehead atoms. The topological polar surface area (TPSA) is 87.5 Å². The van der Waals surface area contributed by atoms with E-state index in [0.717, 1.165) is 10.2 Å². The first-order valence-corrected chi connectivity index (χ1v) is 12.8. The highest BCUT2D eigenvalue weighted by Gasteiger charge is 2.63. The number of hydrogen-bond donors (Lipinski definition) is 0. The minimum absolute atomic E-state index is 0.0951. The fraction of sp³-hybridized carbons (Fsp3) is 0.240. The van der Waals surface area contributed by atoms with Crippen molar-refractivity contribution in [2.24, 2.45) is 0 Å². The number of alkyl halides is 3. The second-order valence-corrected chi connectivity index (χ2v) is 10.3. The average molecular weight is 605 g/mol. The molecule has 0 spiro atoms. The van der Waals surface area contributed by atoms with Crippen molar-refractivity contribution < 1.29 is 17.6 Å². The summed E-state index contributed by atoms with van der Waals surface area (Å²) in [5.74, 6) is -0.109. The normalized spacial score (nSPS) is 15.0. The average Bonchev–Trinajstić information content (AvgIpc) is 3.60. The standard InChI is InChI=1S/C25H18BrClF3N7O/c26-15-6-8-16(9-7-15)37-19(12-36-14-31-13-32-36)20(33-21(37)17-4-1-2-5-18(17)27)22-34-35-23(38-22)24(10-3-11-24)25(28,29)30/h1-2,4-9,13-14H,3,10-12H2. The maximum absolute atomic E-state index is 14.0. The summed E-state index contributed by atoms with van der Waals surface area (Å²) in [6, 6.07) is 14.7. The molecule has 1 aliphatic rings. The third-order valence-electron chi connectivity index (χ3n) is 6.74. The number of nitrogens with zero attached hydrogens (tertiary/aromatic N) is 7. The van der Waals surface area contributed by atoms with Crippen molar-refractivity contribution in [3.63, 3.8) is 0 Å². The van der Waals surface area contributed by atoms with E-state index in [1.807, 2.05) is 41.0 Å². The van der Waals surface area contributed by atoms with Crippen LogP contribution in [-0.2, 0) is 12.0 Å². The molecular weight excluding hydrogens is 587 g/mol. The zero-order valence-corrected chi connectivity index (χ0v) is 21.9. The fourth-order valence-electron chi connectivity index (χ4n) is 4.59. The Morgan fingerprint density at radius 3 is 2.45 bits per heavy atom. The molecule has 0 aliphatic heterocycles. The van der Waals surface area contributed by atoms with Gasteiger partial charge in [0.15, 0.2) is 5.69 Å². The number of benzene rings is 2. The molecular formula is C25H18BrClF3N7O. The Bertz CT molecular complexity index is 1590. The first-order chi connectivity index (χ1) is 18.3. The summed E-state index contributed by atoms with van der Waals surface area (Å²) in [5.41, 5.74) is 0.00643. The van der Waals surface area contributed by atoms with Gasteiger partial charge >= 0.3 is 6.18 Å². The summed E-state index contributed by atoms with van der Waals surface area (Å²) in [5, 5.41) is 12.5. The molecule has 0 radical (unpaired) electrons. The van der Waals surface area contributed by atoms with Crippen LogP contribution in [0.5, 0.6) is 0 Å². The van der Waals surface area contributed by atoms with Gasteiger partial charge in [-0.1, -0.05) is 46.1 Å². The van der Waals surface area contributed by atoms with E-state index in [2.05, 4.69) is 36.2 Å². The van der Waals surface area contributed by atoms with Gasteiger partial charge in [0.1, 0.15) is 23.9 Å². The lowest BCUT2D eigenvalue weighted by molar-refractivity contribution is -0.219. The van der Waals surface area contributed by atoms with Crippen LogP contribution in [0.4, 0.5) is 13.2 Å². The molecule has 1 fully saturated rings. The Labute approximate surface area is 227 Å². The lowest BCUT2D eigenvalue weighted by Gasteiger charge is -2.39. The Morgan fingerprint density at radius 2 is 1.82 bits per heavy atom. The number of hydrogen-bond acceptors (Lipinski definition) is 6. The first kappa shape index (κ1) is 24.8. The van der Waals surface area contributed by atoms with Crippen molar-refractivity contribution in [2.45, 2.75) is 37.4 Å². The highest BCUT2D eigenvalue weighted by Crippen LogP contribution is 2.54.